The van der Waals surface area contributed by atoms with Crippen molar-refractivity contribution in [3.63, 3.8) is 0 Å². The van der Waals surface area contributed by atoms with Crippen molar-refractivity contribution in [1.82, 2.24) is 9.96 Å². The Hall–Kier alpha value is -1.10. The molecule has 2 aliphatic rings. The van der Waals surface area contributed by atoms with Crippen molar-refractivity contribution in [2.75, 3.05) is 13.1 Å². The Kier molecular flexibility index (Phi) is 4.37. The van der Waals surface area contributed by atoms with Gasteiger partial charge < -0.3 is 9.74 Å². The Morgan fingerprint density at radius 3 is 1.95 bits per heavy atom. The van der Waals surface area contributed by atoms with Crippen LogP contribution in [0.15, 0.2) is 0 Å². The highest BCUT2D eigenvalue weighted by atomic mass is 16.7. The van der Waals surface area contributed by atoms with Gasteiger partial charge in [-0.15, -0.1) is 5.06 Å². The van der Waals surface area contributed by atoms with E-state index < -0.39 is 5.41 Å². The van der Waals surface area contributed by atoms with Crippen molar-refractivity contribution in [1.29, 1.82) is 0 Å². The monoisotopic (exact) mass is 282 g/mol. The summed E-state index contributed by atoms with van der Waals surface area (Å²) in [6, 6.07) is 0.769. The van der Waals surface area contributed by atoms with Crippen LogP contribution in [0, 0.1) is 5.41 Å². The standard InChI is InChI=1S/C15H26N2O3/c1-11(18)17(12-5-6-12)13-7-9-16(10-8-13)20-14(19)15(2,3)4/h12-13H,5-10H2,1-4H3. The van der Waals surface area contributed by atoms with Crippen molar-refractivity contribution < 1.29 is 14.4 Å². The third kappa shape index (κ3) is 3.72. The fourth-order valence-electron chi connectivity index (χ4n) is 2.63. The topological polar surface area (TPSA) is 49.9 Å². The SMILES string of the molecule is CC(=O)N(C1CC1)C1CCN(OC(=O)C(C)(C)C)CC1. The quantitative estimate of drug-likeness (QED) is 0.794. The van der Waals surface area contributed by atoms with Crippen LogP contribution < -0.4 is 0 Å². The number of hydroxylamine groups is 2. The molecule has 0 N–H and O–H groups in total. The van der Waals surface area contributed by atoms with Gasteiger partial charge in [-0.3, -0.25) is 4.79 Å². The van der Waals surface area contributed by atoms with Crippen LogP contribution >= 0.6 is 0 Å². The van der Waals surface area contributed by atoms with E-state index in [0.717, 1.165) is 25.7 Å². The van der Waals surface area contributed by atoms with Crippen LogP contribution in [-0.2, 0) is 14.4 Å². The number of hydrogen-bond acceptors (Lipinski definition) is 4. The van der Waals surface area contributed by atoms with E-state index in [9.17, 15) is 9.59 Å². The highest BCUT2D eigenvalue weighted by molar-refractivity contribution is 5.75. The summed E-state index contributed by atoms with van der Waals surface area (Å²) in [6.45, 7) is 8.64. The number of hydrogen-bond donors (Lipinski definition) is 0. The zero-order valence-electron chi connectivity index (χ0n) is 13.0. The Bertz CT molecular complexity index is 377. The summed E-state index contributed by atoms with van der Waals surface area (Å²) in [4.78, 5) is 31.0. The van der Waals surface area contributed by atoms with Crippen molar-refractivity contribution in [3.8, 4) is 0 Å². The molecule has 20 heavy (non-hydrogen) atoms. The lowest BCUT2D eigenvalue weighted by molar-refractivity contribution is -0.206. The van der Waals surface area contributed by atoms with Crippen LogP contribution in [0.3, 0.4) is 0 Å². The Morgan fingerprint density at radius 1 is 1.05 bits per heavy atom. The van der Waals surface area contributed by atoms with Gasteiger partial charge in [-0.05, 0) is 46.5 Å². The summed E-state index contributed by atoms with van der Waals surface area (Å²) < 4.78 is 0. The van der Waals surface area contributed by atoms with E-state index in [0.29, 0.717) is 25.2 Å². The fraction of sp³-hybridized carbons (Fsp3) is 0.867. The van der Waals surface area contributed by atoms with Crippen LogP contribution in [0.4, 0.5) is 0 Å². The minimum Gasteiger partial charge on any atom is -0.367 e. The Morgan fingerprint density at radius 2 is 1.55 bits per heavy atom. The van der Waals surface area contributed by atoms with Gasteiger partial charge in [-0.1, -0.05) is 0 Å². The molecule has 0 aromatic carbocycles. The number of rotatable bonds is 3. The van der Waals surface area contributed by atoms with E-state index >= 15 is 0 Å². The van der Waals surface area contributed by atoms with E-state index in [-0.39, 0.29) is 11.9 Å². The minimum absolute atomic E-state index is 0.178. The maximum absolute atomic E-state index is 11.8. The van der Waals surface area contributed by atoms with Gasteiger partial charge in [-0.2, -0.15) is 0 Å². The number of carbonyl (C=O) groups is 2. The summed E-state index contributed by atoms with van der Waals surface area (Å²) in [7, 11) is 0. The van der Waals surface area contributed by atoms with Gasteiger partial charge in [0.25, 0.3) is 0 Å². The highest BCUT2D eigenvalue weighted by Crippen LogP contribution is 2.32. The van der Waals surface area contributed by atoms with Crippen molar-refractivity contribution in [3.05, 3.63) is 0 Å². The molecule has 0 aromatic heterocycles. The number of amides is 1. The zero-order chi connectivity index (χ0) is 14.9. The maximum atomic E-state index is 11.8. The first-order valence-electron chi connectivity index (χ1n) is 7.55. The molecule has 1 amide bonds. The number of nitrogens with zero attached hydrogens (tertiary/aromatic N) is 2. The molecule has 1 heterocycles. The average molecular weight is 282 g/mol. The van der Waals surface area contributed by atoms with Crippen molar-refractivity contribution in [2.24, 2.45) is 5.41 Å². The third-order valence-electron chi connectivity index (χ3n) is 3.95. The smallest absolute Gasteiger partial charge is 0.330 e. The minimum atomic E-state index is -0.476. The molecule has 1 aliphatic heterocycles. The van der Waals surface area contributed by atoms with Gasteiger partial charge in [-0.25, -0.2) is 4.79 Å². The van der Waals surface area contributed by atoms with Crippen LogP contribution in [-0.4, -0.2) is 47.0 Å². The summed E-state index contributed by atoms with van der Waals surface area (Å²) in [5.41, 5.74) is -0.476. The second kappa shape index (κ2) is 5.72. The molecule has 0 aromatic rings. The second-order valence-corrected chi connectivity index (χ2v) is 6.95. The second-order valence-electron chi connectivity index (χ2n) is 6.95. The first-order chi connectivity index (χ1) is 9.29. The lowest BCUT2D eigenvalue weighted by atomic mass is 9.97. The van der Waals surface area contributed by atoms with Gasteiger partial charge in [0, 0.05) is 32.1 Å². The molecule has 0 bridgehead atoms. The van der Waals surface area contributed by atoms with Gasteiger partial charge >= 0.3 is 5.97 Å². The van der Waals surface area contributed by atoms with Crippen LogP contribution in [0.25, 0.3) is 0 Å². The molecule has 114 valence electrons. The normalized spacial score (nSPS) is 21.6. The zero-order valence-corrected chi connectivity index (χ0v) is 13.0. The molecule has 0 atom stereocenters. The van der Waals surface area contributed by atoms with E-state index in [4.69, 9.17) is 4.84 Å². The van der Waals surface area contributed by atoms with Crippen LogP contribution in [0.5, 0.6) is 0 Å². The van der Waals surface area contributed by atoms with E-state index in [1.807, 2.05) is 25.7 Å². The first kappa shape index (κ1) is 15.3. The van der Waals surface area contributed by atoms with Gasteiger partial charge in [0.1, 0.15) is 0 Å². The predicted octanol–water partition coefficient (Wildman–Crippen LogP) is 1.97. The molecule has 0 spiro atoms. The summed E-state index contributed by atoms with van der Waals surface area (Å²) in [6.07, 6.45) is 4.04. The molecule has 1 saturated heterocycles. The number of carbonyl (C=O) groups excluding carboxylic acids is 2. The van der Waals surface area contributed by atoms with Gasteiger partial charge in [0.15, 0.2) is 0 Å². The van der Waals surface area contributed by atoms with Crippen molar-refractivity contribution >= 4 is 11.9 Å². The molecule has 5 nitrogen and oxygen atoms in total. The Labute approximate surface area is 121 Å². The van der Waals surface area contributed by atoms with Crippen molar-refractivity contribution in [2.45, 2.75) is 65.5 Å². The Balaban J connectivity index is 1.83. The lowest BCUT2D eigenvalue weighted by Gasteiger charge is -2.38. The molecule has 0 radical (unpaired) electrons. The van der Waals surface area contributed by atoms with Crippen LogP contribution in [0.2, 0.25) is 0 Å². The molecular formula is C15H26N2O3. The third-order valence-corrected chi connectivity index (χ3v) is 3.95. The van der Waals surface area contributed by atoms with Crippen LogP contribution in [0.1, 0.15) is 53.4 Å². The molecule has 2 rings (SSSR count). The van der Waals surface area contributed by atoms with E-state index in [1.165, 1.54) is 0 Å². The van der Waals surface area contributed by atoms with Gasteiger partial charge in [0.05, 0.1) is 5.41 Å². The highest BCUT2D eigenvalue weighted by Gasteiger charge is 2.38. The maximum Gasteiger partial charge on any atom is 0.330 e. The largest absolute Gasteiger partial charge is 0.367 e. The molecule has 1 saturated carbocycles. The molecule has 5 heteroatoms. The van der Waals surface area contributed by atoms with E-state index in [1.54, 1.807) is 12.0 Å². The predicted molar refractivity (Wildman–Crippen MR) is 75.7 cm³/mol. The summed E-state index contributed by atoms with van der Waals surface area (Å²) >= 11 is 0. The molecular weight excluding hydrogens is 256 g/mol. The van der Waals surface area contributed by atoms with Gasteiger partial charge in [0.2, 0.25) is 5.91 Å². The summed E-state index contributed by atoms with van der Waals surface area (Å²) in [5, 5.41) is 1.75. The first-order valence-corrected chi connectivity index (χ1v) is 7.55. The van der Waals surface area contributed by atoms with E-state index in [2.05, 4.69) is 0 Å². The fourth-order valence-corrected chi connectivity index (χ4v) is 2.63. The lowest BCUT2D eigenvalue weighted by Crippen LogP contribution is -2.48. The average Bonchev–Trinajstić information content (AvgIpc) is 3.14. The number of piperidine rings is 1. The summed E-state index contributed by atoms with van der Waals surface area (Å²) in [5.74, 6) is -0.0146. The molecule has 1 aliphatic carbocycles. The molecule has 0 unspecified atom stereocenters. The molecule has 2 fully saturated rings.